The van der Waals surface area contributed by atoms with Gasteiger partial charge in [-0.05, 0) is 68.3 Å². The molecule has 1 fully saturated rings. The Morgan fingerprint density at radius 3 is 2.18 bits per heavy atom. The third-order valence-corrected chi connectivity index (χ3v) is 4.67. The zero-order valence-corrected chi connectivity index (χ0v) is 15.9. The number of anilines is 2. The van der Waals surface area contributed by atoms with Crippen LogP contribution in [0, 0.1) is 0 Å². The van der Waals surface area contributed by atoms with Gasteiger partial charge in [0.05, 0.1) is 6.61 Å². The summed E-state index contributed by atoms with van der Waals surface area (Å²) in [6.45, 7) is 3.47. The van der Waals surface area contributed by atoms with E-state index < -0.39 is 5.54 Å². The Bertz CT molecular complexity index is 813. The number of nitrogens with one attached hydrogen (secondary N) is 2. The minimum Gasteiger partial charge on any atom is -0.494 e. The number of carbonyl (C=O) groups excluding carboxylic acids is 2. The molecule has 2 amide bonds. The van der Waals surface area contributed by atoms with Crippen LogP contribution in [0.1, 0.15) is 30.1 Å². The zero-order valence-electron chi connectivity index (χ0n) is 15.9. The lowest BCUT2D eigenvalue weighted by Gasteiger charge is -2.31. The third kappa shape index (κ3) is 4.88. The Balaban J connectivity index is 1.58. The van der Waals surface area contributed by atoms with Gasteiger partial charge in [-0.1, -0.05) is 0 Å². The van der Waals surface area contributed by atoms with Crippen molar-refractivity contribution < 1.29 is 19.1 Å². The van der Waals surface area contributed by atoms with E-state index in [4.69, 9.17) is 15.2 Å². The highest BCUT2D eigenvalue weighted by atomic mass is 16.5. The summed E-state index contributed by atoms with van der Waals surface area (Å²) in [4.78, 5) is 24.8. The van der Waals surface area contributed by atoms with E-state index in [9.17, 15) is 9.59 Å². The van der Waals surface area contributed by atoms with E-state index in [2.05, 4.69) is 10.6 Å². The van der Waals surface area contributed by atoms with Gasteiger partial charge < -0.3 is 25.8 Å². The molecule has 0 aliphatic carbocycles. The highest BCUT2D eigenvalue weighted by Crippen LogP contribution is 2.21. The second-order valence-corrected chi connectivity index (χ2v) is 6.71. The van der Waals surface area contributed by atoms with Crippen molar-refractivity contribution in [2.45, 2.75) is 25.3 Å². The third-order valence-electron chi connectivity index (χ3n) is 4.67. The van der Waals surface area contributed by atoms with Crippen LogP contribution in [-0.2, 0) is 9.53 Å². The summed E-state index contributed by atoms with van der Waals surface area (Å²) in [5, 5.41) is 5.65. The first-order valence-corrected chi connectivity index (χ1v) is 9.32. The minimum absolute atomic E-state index is 0.234. The number of carbonyl (C=O) groups is 2. The first-order chi connectivity index (χ1) is 13.5. The smallest absolute Gasteiger partial charge is 0.255 e. The molecule has 1 saturated heterocycles. The molecule has 7 heteroatoms. The number of amides is 2. The summed E-state index contributed by atoms with van der Waals surface area (Å²) in [5.74, 6) is 0.284. The lowest BCUT2D eigenvalue weighted by atomic mass is 9.90. The van der Waals surface area contributed by atoms with Crippen molar-refractivity contribution in [1.82, 2.24) is 0 Å². The number of hydrogen-bond acceptors (Lipinski definition) is 5. The SMILES string of the molecule is CCOc1ccc(NC(=O)c2ccc(NC(=O)C3(N)CCOCC3)cc2)cc1. The molecule has 1 heterocycles. The van der Waals surface area contributed by atoms with Gasteiger partial charge in [0.25, 0.3) is 5.91 Å². The molecule has 0 atom stereocenters. The fourth-order valence-corrected chi connectivity index (χ4v) is 2.93. The molecule has 2 aromatic carbocycles. The maximum atomic E-state index is 12.4. The van der Waals surface area contributed by atoms with Crippen LogP contribution in [0.15, 0.2) is 48.5 Å². The maximum absolute atomic E-state index is 12.4. The fraction of sp³-hybridized carbons (Fsp3) is 0.333. The number of nitrogens with two attached hydrogens (primary N) is 1. The number of benzene rings is 2. The summed E-state index contributed by atoms with van der Waals surface area (Å²) >= 11 is 0. The normalized spacial score (nSPS) is 15.5. The van der Waals surface area contributed by atoms with Gasteiger partial charge in [0.2, 0.25) is 5.91 Å². The summed E-state index contributed by atoms with van der Waals surface area (Å²) in [6.07, 6.45) is 0.975. The van der Waals surface area contributed by atoms with Gasteiger partial charge in [0.15, 0.2) is 0 Å². The Morgan fingerprint density at radius 2 is 1.57 bits per heavy atom. The highest BCUT2D eigenvalue weighted by Gasteiger charge is 2.35. The average Bonchev–Trinajstić information content (AvgIpc) is 2.71. The molecule has 7 nitrogen and oxygen atoms in total. The average molecular weight is 383 g/mol. The maximum Gasteiger partial charge on any atom is 0.255 e. The molecule has 0 radical (unpaired) electrons. The Morgan fingerprint density at radius 1 is 1.00 bits per heavy atom. The quantitative estimate of drug-likeness (QED) is 0.712. The highest BCUT2D eigenvalue weighted by molar-refractivity contribution is 6.05. The molecule has 0 spiro atoms. The van der Waals surface area contributed by atoms with E-state index in [1.54, 1.807) is 48.5 Å². The monoisotopic (exact) mass is 383 g/mol. The Labute approximate surface area is 164 Å². The molecule has 0 bridgehead atoms. The molecular weight excluding hydrogens is 358 g/mol. The first-order valence-electron chi connectivity index (χ1n) is 9.32. The topological polar surface area (TPSA) is 103 Å². The molecule has 28 heavy (non-hydrogen) atoms. The van der Waals surface area contributed by atoms with Crippen molar-refractivity contribution in [3.05, 3.63) is 54.1 Å². The van der Waals surface area contributed by atoms with E-state index >= 15 is 0 Å². The Kier molecular flexibility index (Phi) is 6.28. The fourth-order valence-electron chi connectivity index (χ4n) is 2.93. The van der Waals surface area contributed by atoms with Crippen LogP contribution in [0.5, 0.6) is 5.75 Å². The summed E-state index contributed by atoms with van der Waals surface area (Å²) in [5.41, 5.74) is 7.02. The lowest BCUT2D eigenvalue weighted by Crippen LogP contribution is -2.54. The molecule has 0 saturated carbocycles. The van der Waals surface area contributed by atoms with Crippen LogP contribution >= 0.6 is 0 Å². The predicted molar refractivity (Wildman–Crippen MR) is 108 cm³/mol. The van der Waals surface area contributed by atoms with Gasteiger partial charge >= 0.3 is 0 Å². The molecule has 0 aromatic heterocycles. The molecule has 1 aliphatic heterocycles. The molecule has 4 N–H and O–H groups in total. The van der Waals surface area contributed by atoms with Crippen LogP contribution in [0.25, 0.3) is 0 Å². The van der Waals surface area contributed by atoms with Crippen LogP contribution < -0.4 is 21.1 Å². The van der Waals surface area contributed by atoms with E-state index in [0.29, 0.717) is 49.6 Å². The lowest BCUT2D eigenvalue weighted by molar-refractivity contribution is -0.124. The van der Waals surface area contributed by atoms with Crippen molar-refractivity contribution in [1.29, 1.82) is 0 Å². The number of hydrogen-bond donors (Lipinski definition) is 3. The van der Waals surface area contributed by atoms with Gasteiger partial charge in [-0.3, -0.25) is 9.59 Å². The summed E-state index contributed by atoms with van der Waals surface area (Å²) in [6, 6.07) is 13.9. The minimum atomic E-state index is -0.915. The van der Waals surface area contributed by atoms with Gasteiger partial charge in [0, 0.05) is 30.2 Å². The molecule has 1 aliphatic rings. The van der Waals surface area contributed by atoms with Crippen LogP contribution in [0.2, 0.25) is 0 Å². The molecule has 2 aromatic rings. The Hall–Kier alpha value is -2.90. The molecular formula is C21H25N3O4. The first kappa shape index (κ1) is 19.9. The second kappa shape index (κ2) is 8.86. The van der Waals surface area contributed by atoms with Crippen LogP contribution in [-0.4, -0.2) is 37.2 Å². The van der Waals surface area contributed by atoms with Crippen LogP contribution in [0.3, 0.4) is 0 Å². The van der Waals surface area contributed by atoms with Crippen molar-refractivity contribution in [3.8, 4) is 5.75 Å². The molecule has 3 rings (SSSR count). The van der Waals surface area contributed by atoms with E-state index in [-0.39, 0.29) is 11.8 Å². The van der Waals surface area contributed by atoms with E-state index in [1.165, 1.54) is 0 Å². The predicted octanol–water partition coefficient (Wildman–Crippen LogP) is 2.78. The van der Waals surface area contributed by atoms with Gasteiger partial charge in [-0.2, -0.15) is 0 Å². The van der Waals surface area contributed by atoms with E-state index in [0.717, 1.165) is 5.75 Å². The summed E-state index contributed by atoms with van der Waals surface area (Å²) < 4.78 is 10.6. The van der Waals surface area contributed by atoms with Gasteiger partial charge in [-0.25, -0.2) is 0 Å². The standard InChI is InChI=1S/C21H25N3O4/c1-2-28-18-9-7-16(8-10-18)23-19(25)15-3-5-17(6-4-15)24-20(26)21(22)11-13-27-14-12-21/h3-10H,2,11-14,22H2,1H3,(H,23,25)(H,24,26). The van der Waals surface area contributed by atoms with Gasteiger partial charge in [-0.15, -0.1) is 0 Å². The number of rotatable bonds is 6. The van der Waals surface area contributed by atoms with E-state index in [1.807, 2.05) is 6.92 Å². The molecule has 0 unspecified atom stereocenters. The van der Waals surface area contributed by atoms with Crippen molar-refractivity contribution in [2.75, 3.05) is 30.5 Å². The zero-order chi connectivity index (χ0) is 20.0. The molecule has 148 valence electrons. The summed E-state index contributed by atoms with van der Waals surface area (Å²) in [7, 11) is 0. The largest absolute Gasteiger partial charge is 0.494 e. The van der Waals surface area contributed by atoms with Gasteiger partial charge in [0.1, 0.15) is 11.3 Å². The van der Waals surface area contributed by atoms with Crippen LogP contribution in [0.4, 0.5) is 11.4 Å². The second-order valence-electron chi connectivity index (χ2n) is 6.71. The van der Waals surface area contributed by atoms with Crippen molar-refractivity contribution >= 4 is 23.2 Å². The number of ether oxygens (including phenoxy) is 2. The van der Waals surface area contributed by atoms with Crippen molar-refractivity contribution in [3.63, 3.8) is 0 Å². The van der Waals surface area contributed by atoms with Crippen molar-refractivity contribution in [2.24, 2.45) is 5.73 Å².